The molecule has 20 heavy (non-hydrogen) atoms. The van der Waals surface area contributed by atoms with Crippen LogP contribution in [0.2, 0.25) is 0 Å². The third kappa shape index (κ3) is 3.65. The Bertz CT molecular complexity index is 579. The van der Waals surface area contributed by atoms with Gasteiger partial charge in [0.15, 0.2) is 0 Å². The Hall–Kier alpha value is -1.25. The van der Waals surface area contributed by atoms with Crippen LogP contribution in [0.4, 0.5) is 0 Å². The summed E-state index contributed by atoms with van der Waals surface area (Å²) in [6, 6.07) is 14.9. The molecule has 2 aromatic carbocycles. The van der Waals surface area contributed by atoms with Crippen molar-refractivity contribution in [3.63, 3.8) is 0 Å². The van der Waals surface area contributed by atoms with Crippen LogP contribution < -0.4 is 0 Å². The largest absolute Gasteiger partial charge is 0.392 e. The van der Waals surface area contributed by atoms with Crippen molar-refractivity contribution < 1.29 is 5.11 Å². The molecular weight excluding hydrogens is 264 g/mol. The minimum absolute atomic E-state index is 0.0874. The molecule has 1 nitrogen and oxygen atoms in total. The van der Waals surface area contributed by atoms with E-state index in [9.17, 15) is 5.11 Å². The second-order valence-corrected chi connectivity index (χ2v) is 7.26. The highest BCUT2D eigenvalue weighted by atomic mass is 32.2. The first-order chi connectivity index (χ1) is 9.40. The van der Waals surface area contributed by atoms with Crippen molar-refractivity contribution in [1.29, 1.82) is 0 Å². The van der Waals surface area contributed by atoms with Gasteiger partial charge in [-0.2, -0.15) is 0 Å². The Morgan fingerprint density at radius 2 is 1.65 bits per heavy atom. The van der Waals surface area contributed by atoms with E-state index in [0.29, 0.717) is 0 Å². The minimum atomic E-state index is 0.0874. The standard InChI is InChI=1S/C18H22OS/c1-13-5-10-17(14(11-13)12-19)20-16-8-6-15(7-9-16)18(2,3)4/h5-11,19H,12H2,1-4H3. The van der Waals surface area contributed by atoms with Gasteiger partial charge in [0.25, 0.3) is 0 Å². The molecule has 1 N–H and O–H groups in total. The summed E-state index contributed by atoms with van der Waals surface area (Å²) < 4.78 is 0. The molecule has 106 valence electrons. The number of aliphatic hydroxyl groups is 1. The smallest absolute Gasteiger partial charge is 0.0692 e. The van der Waals surface area contributed by atoms with Crippen molar-refractivity contribution in [3.8, 4) is 0 Å². The summed E-state index contributed by atoms with van der Waals surface area (Å²) in [7, 11) is 0. The Labute approximate surface area is 126 Å². The summed E-state index contributed by atoms with van der Waals surface area (Å²) in [6.45, 7) is 8.80. The summed E-state index contributed by atoms with van der Waals surface area (Å²) in [4.78, 5) is 2.33. The van der Waals surface area contributed by atoms with Gasteiger partial charge in [0, 0.05) is 9.79 Å². The van der Waals surface area contributed by atoms with Gasteiger partial charge in [-0.25, -0.2) is 0 Å². The zero-order chi connectivity index (χ0) is 14.8. The molecule has 0 aliphatic rings. The molecular formula is C18H22OS. The normalized spacial score (nSPS) is 11.7. The van der Waals surface area contributed by atoms with Crippen molar-refractivity contribution in [3.05, 3.63) is 59.2 Å². The summed E-state index contributed by atoms with van der Waals surface area (Å²) in [5.74, 6) is 0. The molecule has 0 aliphatic heterocycles. The molecule has 0 amide bonds. The van der Waals surface area contributed by atoms with Crippen LogP contribution in [0.25, 0.3) is 0 Å². The number of aliphatic hydroxyl groups excluding tert-OH is 1. The van der Waals surface area contributed by atoms with Crippen LogP contribution in [0.15, 0.2) is 52.3 Å². The highest BCUT2D eigenvalue weighted by Crippen LogP contribution is 2.32. The Kier molecular flexibility index (Phi) is 4.56. The van der Waals surface area contributed by atoms with Crippen LogP contribution in [-0.4, -0.2) is 5.11 Å². The van der Waals surface area contributed by atoms with Crippen molar-refractivity contribution in [1.82, 2.24) is 0 Å². The fourth-order valence-corrected chi connectivity index (χ4v) is 3.00. The predicted molar refractivity (Wildman–Crippen MR) is 86.4 cm³/mol. The van der Waals surface area contributed by atoms with E-state index in [4.69, 9.17) is 0 Å². The maximum atomic E-state index is 9.46. The van der Waals surface area contributed by atoms with Gasteiger partial charge in [-0.15, -0.1) is 0 Å². The second-order valence-electron chi connectivity index (χ2n) is 6.15. The number of benzene rings is 2. The lowest BCUT2D eigenvalue weighted by Crippen LogP contribution is -2.10. The van der Waals surface area contributed by atoms with Gasteiger partial charge in [-0.05, 0) is 41.7 Å². The fraction of sp³-hybridized carbons (Fsp3) is 0.333. The number of rotatable bonds is 3. The molecule has 0 bridgehead atoms. The monoisotopic (exact) mass is 286 g/mol. The van der Waals surface area contributed by atoms with E-state index in [1.165, 1.54) is 16.0 Å². The van der Waals surface area contributed by atoms with Crippen LogP contribution in [0.5, 0.6) is 0 Å². The predicted octanol–water partition coefficient (Wildman–Crippen LogP) is 4.94. The maximum absolute atomic E-state index is 9.46. The van der Waals surface area contributed by atoms with Crippen molar-refractivity contribution in [2.75, 3.05) is 0 Å². The summed E-state index contributed by atoms with van der Waals surface area (Å²) in [5, 5.41) is 9.46. The van der Waals surface area contributed by atoms with Gasteiger partial charge in [0.1, 0.15) is 0 Å². The molecule has 0 heterocycles. The zero-order valence-electron chi connectivity index (χ0n) is 12.6. The van der Waals surface area contributed by atoms with E-state index in [0.717, 1.165) is 10.5 Å². The first-order valence-electron chi connectivity index (χ1n) is 6.89. The quantitative estimate of drug-likeness (QED) is 0.862. The SMILES string of the molecule is Cc1ccc(Sc2ccc(C(C)(C)C)cc2)c(CO)c1. The van der Waals surface area contributed by atoms with Crippen molar-refractivity contribution in [2.24, 2.45) is 0 Å². The third-order valence-electron chi connectivity index (χ3n) is 3.33. The van der Waals surface area contributed by atoms with Crippen LogP contribution in [0, 0.1) is 6.92 Å². The first kappa shape index (κ1) is 15.1. The lowest BCUT2D eigenvalue weighted by molar-refractivity contribution is 0.279. The Morgan fingerprint density at radius 1 is 1.00 bits per heavy atom. The maximum Gasteiger partial charge on any atom is 0.0692 e. The molecule has 0 radical (unpaired) electrons. The molecule has 0 atom stereocenters. The Balaban J connectivity index is 2.22. The molecule has 0 unspecified atom stereocenters. The molecule has 0 saturated carbocycles. The number of hydrogen-bond acceptors (Lipinski definition) is 2. The average molecular weight is 286 g/mol. The van der Waals surface area contributed by atoms with Gasteiger partial charge in [0.2, 0.25) is 0 Å². The van der Waals surface area contributed by atoms with E-state index in [1.54, 1.807) is 11.8 Å². The van der Waals surface area contributed by atoms with Gasteiger partial charge in [-0.1, -0.05) is 62.4 Å². The average Bonchev–Trinajstić information content (AvgIpc) is 2.40. The minimum Gasteiger partial charge on any atom is -0.392 e. The van der Waals surface area contributed by atoms with Crippen LogP contribution in [0.1, 0.15) is 37.5 Å². The summed E-state index contributed by atoms with van der Waals surface area (Å²) >= 11 is 1.71. The fourth-order valence-electron chi connectivity index (χ4n) is 2.08. The topological polar surface area (TPSA) is 20.2 Å². The molecule has 0 aliphatic carbocycles. The summed E-state index contributed by atoms with van der Waals surface area (Å²) in [5.41, 5.74) is 3.70. The molecule has 2 rings (SSSR count). The van der Waals surface area contributed by atoms with Gasteiger partial charge >= 0.3 is 0 Å². The van der Waals surface area contributed by atoms with E-state index >= 15 is 0 Å². The third-order valence-corrected chi connectivity index (χ3v) is 4.46. The molecule has 0 saturated heterocycles. The first-order valence-corrected chi connectivity index (χ1v) is 7.70. The number of hydrogen-bond donors (Lipinski definition) is 1. The van der Waals surface area contributed by atoms with Crippen LogP contribution in [0.3, 0.4) is 0 Å². The molecule has 2 heteroatoms. The zero-order valence-corrected chi connectivity index (χ0v) is 13.4. The highest BCUT2D eigenvalue weighted by molar-refractivity contribution is 7.99. The lowest BCUT2D eigenvalue weighted by Gasteiger charge is -2.19. The van der Waals surface area contributed by atoms with E-state index in [1.807, 2.05) is 13.0 Å². The van der Waals surface area contributed by atoms with Crippen molar-refractivity contribution in [2.45, 2.75) is 49.5 Å². The second kappa shape index (κ2) is 6.02. The molecule has 0 aromatic heterocycles. The van der Waals surface area contributed by atoms with E-state index in [2.05, 4.69) is 57.2 Å². The lowest BCUT2D eigenvalue weighted by atomic mass is 9.87. The molecule has 2 aromatic rings. The van der Waals surface area contributed by atoms with Gasteiger partial charge in [0.05, 0.1) is 6.61 Å². The van der Waals surface area contributed by atoms with Crippen LogP contribution in [-0.2, 0) is 12.0 Å². The molecule has 0 fully saturated rings. The van der Waals surface area contributed by atoms with Gasteiger partial charge in [-0.3, -0.25) is 0 Å². The van der Waals surface area contributed by atoms with Crippen molar-refractivity contribution >= 4 is 11.8 Å². The Morgan fingerprint density at radius 3 is 2.20 bits per heavy atom. The van der Waals surface area contributed by atoms with Crippen LogP contribution >= 0.6 is 11.8 Å². The van der Waals surface area contributed by atoms with Gasteiger partial charge < -0.3 is 5.11 Å². The number of aryl methyl sites for hydroxylation is 1. The van der Waals surface area contributed by atoms with E-state index < -0.39 is 0 Å². The summed E-state index contributed by atoms with van der Waals surface area (Å²) in [6.07, 6.45) is 0. The highest BCUT2D eigenvalue weighted by Gasteiger charge is 2.13. The molecule has 0 spiro atoms. The van der Waals surface area contributed by atoms with E-state index in [-0.39, 0.29) is 12.0 Å².